The number of nitrogens with zero attached hydrogens (tertiary/aromatic N) is 1. The summed E-state index contributed by atoms with van der Waals surface area (Å²) in [6.07, 6.45) is 6.28. The lowest BCUT2D eigenvalue weighted by Gasteiger charge is -1.93. The van der Waals surface area contributed by atoms with E-state index in [0.717, 1.165) is 5.70 Å². The van der Waals surface area contributed by atoms with E-state index in [1.807, 2.05) is 13.1 Å². The highest BCUT2D eigenvalue weighted by molar-refractivity contribution is 5.65. The lowest BCUT2D eigenvalue weighted by Crippen LogP contribution is -1.88. The van der Waals surface area contributed by atoms with Gasteiger partial charge in [-0.15, -0.1) is 0 Å². The first kappa shape index (κ1) is 7.26. The smallest absolute Gasteiger partial charge is 0.0371 e. The molecule has 0 spiro atoms. The summed E-state index contributed by atoms with van der Waals surface area (Å²) in [5.41, 5.74) is 2.40. The first-order chi connectivity index (χ1) is 4.68. The van der Waals surface area contributed by atoms with Crippen LogP contribution in [0.15, 0.2) is 28.4 Å². The molecule has 1 heteroatoms. The van der Waals surface area contributed by atoms with Crippen LogP contribution >= 0.6 is 0 Å². The van der Waals surface area contributed by atoms with E-state index in [9.17, 15) is 0 Å². The van der Waals surface area contributed by atoms with Crippen LogP contribution in [0.25, 0.3) is 0 Å². The van der Waals surface area contributed by atoms with Gasteiger partial charge in [0, 0.05) is 17.8 Å². The van der Waals surface area contributed by atoms with Crippen LogP contribution < -0.4 is 0 Å². The Morgan fingerprint density at radius 2 is 2.10 bits per heavy atom. The summed E-state index contributed by atoms with van der Waals surface area (Å²) in [7, 11) is 0. The standard InChI is InChI=1S/C9H13N/c1-7-4-8(2)6-10-9(3)5-7/h4-6,8H,1-3H3. The molecule has 0 bridgehead atoms. The first-order valence-corrected chi connectivity index (χ1v) is 3.59. The van der Waals surface area contributed by atoms with Crippen LogP contribution in [0.1, 0.15) is 20.8 Å². The van der Waals surface area contributed by atoms with E-state index in [0.29, 0.717) is 5.92 Å². The minimum atomic E-state index is 0.480. The van der Waals surface area contributed by atoms with Crippen LogP contribution in [-0.2, 0) is 0 Å². The molecule has 1 aliphatic rings. The van der Waals surface area contributed by atoms with Crippen molar-refractivity contribution in [2.45, 2.75) is 20.8 Å². The van der Waals surface area contributed by atoms with Gasteiger partial charge in [0.15, 0.2) is 0 Å². The molecule has 0 aromatic rings. The molecule has 0 amide bonds. The van der Waals surface area contributed by atoms with Crippen molar-refractivity contribution in [3.63, 3.8) is 0 Å². The molecule has 10 heavy (non-hydrogen) atoms. The molecule has 0 fully saturated rings. The Labute approximate surface area is 62.2 Å². The summed E-state index contributed by atoms with van der Waals surface area (Å²) in [4.78, 5) is 4.24. The third-order valence-corrected chi connectivity index (χ3v) is 1.48. The molecule has 54 valence electrons. The van der Waals surface area contributed by atoms with Crippen molar-refractivity contribution in [1.82, 2.24) is 0 Å². The zero-order valence-electron chi connectivity index (χ0n) is 6.76. The highest BCUT2D eigenvalue weighted by Gasteiger charge is 1.97. The van der Waals surface area contributed by atoms with Crippen molar-refractivity contribution in [3.05, 3.63) is 23.4 Å². The van der Waals surface area contributed by atoms with Crippen molar-refractivity contribution in [1.29, 1.82) is 0 Å². The van der Waals surface area contributed by atoms with Gasteiger partial charge in [0.05, 0.1) is 0 Å². The van der Waals surface area contributed by atoms with Gasteiger partial charge < -0.3 is 0 Å². The Morgan fingerprint density at radius 1 is 1.40 bits per heavy atom. The number of allylic oxidation sites excluding steroid dienone is 4. The molecule has 0 N–H and O–H groups in total. The van der Waals surface area contributed by atoms with E-state index >= 15 is 0 Å². The van der Waals surface area contributed by atoms with E-state index in [4.69, 9.17) is 0 Å². The fourth-order valence-corrected chi connectivity index (χ4v) is 1.11. The number of rotatable bonds is 0. The molecule has 1 unspecified atom stereocenters. The Kier molecular flexibility index (Phi) is 2.05. The Balaban J connectivity index is 2.88. The summed E-state index contributed by atoms with van der Waals surface area (Å²) in [5, 5.41) is 0. The summed E-state index contributed by atoms with van der Waals surface area (Å²) in [5.74, 6) is 0.480. The fraction of sp³-hybridized carbons (Fsp3) is 0.444. The minimum Gasteiger partial charge on any atom is -0.265 e. The third-order valence-electron chi connectivity index (χ3n) is 1.48. The SMILES string of the molecule is CC1=CC(C)C=NC(C)=C1. The molecule has 0 radical (unpaired) electrons. The van der Waals surface area contributed by atoms with Crippen molar-refractivity contribution >= 4 is 6.21 Å². The van der Waals surface area contributed by atoms with Gasteiger partial charge in [0.2, 0.25) is 0 Å². The number of aliphatic imine (C=N–C) groups is 1. The van der Waals surface area contributed by atoms with Gasteiger partial charge in [-0.25, -0.2) is 0 Å². The van der Waals surface area contributed by atoms with E-state index in [1.54, 1.807) is 0 Å². The number of hydrogen-bond acceptors (Lipinski definition) is 1. The Hall–Kier alpha value is -0.850. The Morgan fingerprint density at radius 3 is 2.80 bits per heavy atom. The van der Waals surface area contributed by atoms with E-state index in [2.05, 4.69) is 31.0 Å². The van der Waals surface area contributed by atoms with Crippen molar-refractivity contribution < 1.29 is 0 Å². The molecule has 1 aliphatic heterocycles. The lowest BCUT2D eigenvalue weighted by atomic mass is 10.1. The zero-order chi connectivity index (χ0) is 7.56. The fourth-order valence-electron chi connectivity index (χ4n) is 1.11. The second-order valence-electron chi connectivity index (χ2n) is 2.83. The average molecular weight is 135 g/mol. The monoisotopic (exact) mass is 135 g/mol. The maximum Gasteiger partial charge on any atom is 0.0371 e. The maximum atomic E-state index is 4.24. The maximum absolute atomic E-state index is 4.24. The van der Waals surface area contributed by atoms with Gasteiger partial charge in [-0.1, -0.05) is 18.6 Å². The van der Waals surface area contributed by atoms with Crippen LogP contribution in [0.4, 0.5) is 0 Å². The predicted octanol–water partition coefficient (Wildman–Crippen LogP) is 2.56. The normalized spacial score (nSPS) is 25.3. The number of hydrogen-bond donors (Lipinski definition) is 0. The highest BCUT2D eigenvalue weighted by atomic mass is 14.7. The van der Waals surface area contributed by atoms with Gasteiger partial charge in [-0.05, 0) is 19.9 Å². The Bertz CT molecular complexity index is 209. The molecule has 0 aromatic carbocycles. The third kappa shape index (κ3) is 1.83. The van der Waals surface area contributed by atoms with Crippen LogP contribution in [0.2, 0.25) is 0 Å². The molecule has 1 atom stereocenters. The van der Waals surface area contributed by atoms with Crippen molar-refractivity contribution in [3.8, 4) is 0 Å². The van der Waals surface area contributed by atoms with E-state index < -0.39 is 0 Å². The average Bonchev–Trinajstić information content (AvgIpc) is 1.93. The largest absolute Gasteiger partial charge is 0.265 e. The minimum absolute atomic E-state index is 0.480. The zero-order valence-corrected chi connectivity index (χ0v) is 6.76. The van der Waals surface area contributed by atoms with Gasteiger partial charge in [0.25, 0.3) is 0 Å². The molecule has 1 heterocycles. The van der Waals surface area contributed by atoms with Gasteiger partial charge >= 0.3 is 0 Å². The topological polar surface area (TPSA) is 12.4 Å². The highest BCUT2D eigenvalue weighted by Crippen LogP contribution is 2.10. The molecular weight excluding hydrogens is 122 g/mol. The van der Waals surface area contributed by atoms with Crippen molar-refractivity contribution in [2.24, 2.45) is 10.9 Å². The molecular formula is C9H13N. The molecule has 0 aromatic heterocycles. The van der Waals surface area contributed by atoms with Crippen LogP contribution in [0, 0.1) is 5.92 Å². The second kappa shape index (κ2) is 2.82. The lowest BCUT2D eigenvalue weighted by molar-refractivity contribution is 1.02. The van der Waals surface area contributed by atoms with Gasteiger partial charge in [0.1, 0.15) is 0 Å². The second-order valence-corrected chi connectivity index (χ2v) is 2.83. The first-order valence-electron chi connectivity index (χ1n) is 3.59. The van der Waals surface area contributed by atoms with E-state index in [1.165, 1.54) is 5.57 Å². The molecule has 0 saturated heterocycles. The molecule has 0 saturated carbocycles. The van der Waals surface area contributed by atoms with Gasteiger partial charge in [-0.2, -0.15) is 0 Å². The van der Waals surface area contributed by atoms with Gasteiger partial charge in [-0.3, -0.25) is 4.99 Å². The predicted molar refractivity (Wildman–Crippen MR) is 45.2 cm³/mol. The summed E-state index contributed by atoms with van der Waals surface area (Å²) in [6.45, 7) is 6.26. The van der Waals surface area contributed by atoms with Crippen LogP contribution in [0.5, 0.6) is 0 Å². The summed E-state index contributed by atoms with van der Waals surface area (Å²) < 4.78 is 0. The quantitative estimate of drug-likeness (QED) is 0.484. The molecule has 1 nitrogen and oxygen atoms in total. The van der Waals surface area contributed by atoms with E-state index in [-0.39, 0.29) is 0 Å². The summed E-state index contributed by atoms with van der Waals surface area (Å²) >= 11 is 0. The molecule has 0 aliphatic carbocycles. The molecule has 1 rings (SSSR count). The summed E-state index contributed by atoms with van der Waals surface area (Å²) in [6, 6.07) is 0. The van der Waals surface area contributed by atoms with Crippen LogP contribution in [0.3, 0.4) is 0 Å². The van der Waals surface area contributed by atoms with Crippen LogP contribution in [-0.4, -0.2) is 6.21 Å². The van der Waals surface area contributed by atoms with Crippen molar-refractivity contribution in [2.75, 3.05) is 0 Å².